The molecule has 8 amide bonds. The van der Waals surface area contributed by atoms with Crippen molar-refractivity contribution in [1.29, 1.82) is 0 Å². The van der Waals surface area contributed by atoms with Crippen LogP contribution in [-0.2, 0) is 60.7 Å². The first-order valence-corrected chi connectivity index (χ1v) is 28.2. The van der Waals surface area contributed by atoms with E-state index >= 15 is 4.79 Å². The molecule has 2 aromatic rings. The van der Waals surface area contributed by atoms with Crippen LogP contribution in [-0.4, -0.2) is 178 Å². The summed E-state index contributed by atoms with van der Waals surface area (Å²) in [5.74, 6) is -8.98. The van der Waals surface area contributed by atoms with E-state index in [0.717, 1.165) is 10.5 Å². The largest absolute Gasteiger partial charge is 0.450 e. The van der Waals surface area contributed by atoms with Gasteiger partial charge in [0.2, 0.25) is 41.4 Å². The number of likely N-dealkylation sites (N-methyl/N-ethyl adjacent to an activating group) is 4. The summed E-state index contributed by atoms with van der Waals surface area (Å²) in [4.78, 5) is 140. The summed E-state index contributed by atoms with van der Waals surface area (Å²) >= 11 is 0. The van der Waals surface area contributed by atoms with Crippen molar-refractivity contribution in [1.82, 2.24) is 40.4 Å². The molecule has 11 atom stereocenters. The fourth-order valence-corrected chi connectivity index (χ4v) is 10.9. The van der Waals surface area contributed by atoms with Crippen LogP contribution in [0.3, 0.4) is 0 Å². The first-order chi connectivity index (χ1) is 37.0. The molecule has 0 radical (unpaired) electrons. The van der Waals surface area contributed by atoms with Gasteiger partial charge in [0, 0.05) is 60.0 Å². The van der Waals surface area contributed by atoms with Crippen molar-refractivity contribution in [2.45, 2.75) is 176 Å². The van der Waals surface area contributed by atoms with Crippen LogP contribution in [0.5, 0.6) is 0 Å². The summed E-state index contributed by atoms with van der Waals surface area (Å²) in [7, 11) is 5.71. The van der Waals surface area contributed by atoms with Gasteiger partial charge in [-0.25, -0.2) is 4.79 Å². The van der Waals surface area contributed by atoms with Crippen LogP contribution in [0, 0.1) is 35.5 Å². The van der Waals surface area contributed by atoms with E-state index in [2.05, 4.69) is 16.0 Å². The molecular formula is C60H92N8O11. The number of aliphatic hydroxyl groups is 1. The number of carbonyl (C=O) groups is 9. The summed E-state index contributed by atoms with van der Waals surface area (Å²) < 4.78 is 6.09. The maximum absolute atomic E-state index is 15.2. The second kappa shape index (κ2) is 28.7. The van der Waals surface area contributed by atoms with E-state index < -0.39 is 137 Å². The van der Waals surface area contributed by atoms with Gasteiger partial charge in [-0.3, -0.25) is 38.4 Å². The van der Waals surface area contributed by atoms with Gasteiger partial charge in [-0.1, -0.05) is 136 Å². The SMILES string of the molecule is CCC(C)C1NC(=O)C2CCN(C2)C(=O)C(Cc2ccccc2)N(C)C(=O)C(Cc2ccccc2)NC(=O)[C@H](C(C)C)N(C)C(=O)[C@@H](C(C)CC)OC(=O)C(C(C)(C)O)N(C)C(=O)C(CC(C)C)NC(=O)[C@H](C(C)C)N(C)C1=O. The van der Waals surface area contributed by atoms with Crippen molar-refractivity contribution >= 4 is 53.2 Å². The monoisotopic (exact) mass is 1100 g/mol. The fourth-order valence-electron chi connectivity index (χ4n) is 10.9. The predicted octanol–water partition coefficient (Wildman–Crippen LogP) is 4.23. The van der Waals surface area contributed by atoms with E-state index in [9.17, 15) is 43.5 Å². The summed E-state index contributed by atoms with van der Waals surface area (Å²) in [6, 6.07) is 9.46. The summed E-state index contributed by atoms with van der Waals surface area (Å²) in [5.41, 5.74) is -0.506. The third kappa shape index (κ3) is 16.6. The molecule has 0 spiro atoms. The molecule has 2 aliphatic heterocycles. The molecule has 2 aromatic carbocycles. The van der Waals surface area contributed by atoms with E-state index in [-0.39, 0.29) is 44.7 Å². The Morgan fingerprint density at radius 3 is 1.54 bits per heavy atom. The highest BCUT2D eigenvalue weighted by Crippen LogP contribution is 2.27. The Labute approximate surface area is 469 Å². The summed E-state index contributed by atoms with van der Waals surface area (Å²) in [5, 5.41) is 20.5. The number of hydrogen-bond donors (Lipinski definition) is 4. The second-order valence-corrected chi connectivity index (χ2v) is 23.8. The Balaban J connectivity index is 1.93. The van der Waals surface area contributed by atoms with E-state index in [0.29, 0.717) is 18.4 Å². The number of esters is 1. The Morgan fingerprint density at radius 1 is 0.582 bits per heavy atom. The number of nitrogens with zero attached hydrogens (tertiary/aromatic N) is 5. The third-order valence-electron chi connectivity index (χ3n) is 15.8. The van der Waals surface area contributed by atoms with Gasteiger partial charge in [0.25, 0.3) is 5.91 Å². The maximum atomic E-state index is 15.2. The molecular weight excluding hydrogens is 1010 g/mol. The minimum Gasteiger partial charge on any atom is -0.450 e. The lowest BCUT2D eigenvalue weighted by molar-refractivity contribution is -0.177. The highest BCUT2D eigenvalue weighted by atomic mass is 16.6. The third-order valence-corrected chi connectivity index (χ3v) is 15.8. The van der Waals surface area contributed by atoms with Crippen molar-refractivity contribution in [3.8, 4) is 0 Å². The molecule has 2 bridgehead atoms. The number of benzene rings is 2. The van der Waals surface area contributed by atoms with Gasteiger partial charge < -0.3 is 50.3 Å². The number of fused-ring (bicyclic) bond motifs is 2. The first kappa shape index (κ1) is 65.2. The number of rotatable bonds is 13. The zero-order valence-corrected chi connectivity index (χ0v) is 49.8. The Bertz CT molecular complexity index is 2430. The van der Waals surface area contributed by atoms with Gasteiger partial charge in [-0.15, -0.1) is 0 Å². The van der Waals surface area contributed by atoms with Crippen LogP contribution in [0.25, 0.3) is 0 Å². The number of carbonyl (C=O) groups excluding carboxylic acids is 9. The summed E-state index contributed by atoms with van der Waals surface area (Å²) in [6.07, 6.45) is -0.237. The maximum Gasteiger partial charge on any atom is 0.332 e. The Hall–Kier alpha value is -6.37. The lowest BCUT2D eigenvalue weighted by Crippen LogP contribution is -2.63. The molecule has 438 valence electrons. The zero-order chi connectivity index (χ0) is 59.4. The van der Waals surface area contributed by atoms with E-state index in [4.69, 9.17) is 4.74 Å². The lowest BCUT2D eigenvalue weighted by atomic mass is 9.93. The molecule has 0 aromatic heterocycles. The van der Waals surface area contributed by atoms with E-state index in [1.54, 1.807) is 58.6 Å². The molecule has 19 nitrogen and oxygen atoms in total. The van der Waals surface area contributed by atoms with Gasteiger partial charge in [0.15, 0.2) is 12.1 Å². The van der Waals surface area contributed by atoms with E-state index in [1.165, 1.54) is 56.7 Å². The second-order valence-electron chi connectivity index (χ2n) is 23.8. The minimum absolute atomic E-state index is 0.00608. The van der Waals surface area contributed by atoms with Gasteiger partial charge in [0.05, 0.1) is 11.5 Å². The molecule has 2 fully saturated rings. The average Bonchev–Trinajstić information content (AvgIpc) is 3.93. The molecule has 4 rings (SSSR count). The van der Waals surface area contributed by atoms with Crippen LogP contribution in [0.1, 0.15) is 120 Å². The molecule has 79 heavy (non-hydrogen) atoms. The van der Waals surface area contributed by atoms with Crippen LogP contribution in [0.4, 0.5) is 0 Å². The first-order valence-electron chi connectivity index (χ1n) is 28.2. The molecule has 2 heterocycles. The standard InChI is InChI=1S/C60H92N8O11/c1-17-38(9)46-57(75)65(14)47(36(5)6)52(70)61-43(31-35(3)4)55(73)67(16)50(60(11,12)78)59(77)79-49(39(10)18-2)58(76)66(15)48(37(7)8)53(71)62-44(32-40-25-21-19-22-26-40)54(72)64(13)45(33-41-27-23-20-24-28-41)56(74)68-30-29-42(34-68)51(69)63-46/h19-28,35-39,42-50,78H,17-18,29-34H2,1-16H3,(H,61,70)(H,62,71)(H,63,69)/t38?,39?,42?,43?,44?,45?,46?,47-,48-,49+,50?/m0/s1. The lowest BCUT2D eigenvalue weighted by Gasteiger charge is -2.39. The van der Waals surface area contributed by atoms with Crippen molar-refractivity contribution in [2.75, 3.05) is 41.3 Å². The topological polar surface area (TPSA) is 235 Å². The van der Waals surface area contributed by atoms with Crippen LogP contribution >= 0.6 is 0 Å². The number of hydrogen-bond acceptors (Lipinski definition) is 11. The minimum atomic E-state index is -1.97. The van der Waals surface area contributed by atoms with Crippen LogP contribution in [0.2, 0.25) is 0 Å². The highest BCUT2D eigenvalue weighted by Gasteiger charge is 2.47. The quantitative estimate of drug-likeness (QED) is 0.207. The fraction of sp³-hybridized carbons (Fsp3) is 0.650. The van der Waals surface area contributed by atoms with Crippen molar-refractivity contribution in [3.05, 3.63) is 71.8 Å². The molecule has 2 aliphatic rings. The molecule has 0 saturated carbocycles. The van der Waals surface area contributed by atoms with Gasteiger partial charge >= 0.3 is 5.97 Å². The summed E-state index contributed by atoms with van der Waals surface area (Å²) in [6.45, 7) is 20.7. The zero-order valence-electron chi connectivity index (χ0n) is 49.8. The van der Waals surface area contributed by atoms with Crippen LogP contribution in [0.15, 0.2) is 60.7 Å². The molecule has 0 aliphatic carbocycles. The Morgan fingerprint density at radius 2 is 1.06 bits per heavy atom. The number of cyclic esters (lactones) is 1. The average molecular weight is 1100 g/mol. The smallest absolute Gasteiger partial charge is 0.332 e. The number of amides is 8. The number of nitrogens with one attached hydrogen (secondary N) is 3. The van der Waals surface area contributed by atoms with Crippen molar-refractivity contribution < 1.29 is 53.0 Å². The van der Waals surface area contributed by atoms with Gasteiger partial charge in [-0.05, 0) is 67.9 Å². The molecule has 8 unspecified atom stereocenters. The van der Waals surface area contributed by atoms with Crippen molar-refractivity contribution in [3.63, 3.8) is 0 Å². The normalized spacial score (nSPS) is 26.5. The Kier molecular flexibility index (Phi) is 23.6. The highest BCUT2D eigenvalue weighted by molar-refractivity contribution is 5.98. The van der Waals surface area contributed by atoms with Gasteiger partial charge in [-0.2, -0.15) is 0 Å². The number of ether oxygens (including phenoxy) is 1. The molecule has 19 heteroatoms. The predicted molar refractivity (Wildman–Crippen MR) is 301 cm³/mol. The van der Waals surface area contributed by atoms with Gasteiger partial charge in [0.1, 0.15) is 36.3 Å². The molecule has 2 saturated heterocycles. The van der Waals surface area contributed by atoms with Crippen LogP contribution < -0.4 is 16.0 Å². The van der Waals surface area contributed by atoms with E-state index in [1.807, 2.05) is 76.2 Å². The van der Waals surface area contributed by atoms with Crippen molar-refractivity contribution in [2.24, 2.45) is 35.5 Å². The molecule has 4 N–H and O–H groups in total.